The molecule has 1 N–H and O–H groups in total. The molecule has 1 aliphatic rings. The van der Waals surface area contributed by atoms with Gasteiger partial charge in [-0.1, -0.05) is 11.6 Å². The summed E-state index contributed by atoms with van der Waals surface area (Å²) in [6.45, 7) is 0. The molecule has 76 valence electrons. The summed E-state index contributed by atoms with van der Waals surface area (Å²) in [5.41, 5.74) is 0.774. The zero-order valence-electron chi connectivity index (χ0n) is 7.71. The van der Waals surface area contributed by atoms with Gasteiger partial charge in [-0.25, -0.2) is 4.39 Å². The summed E-state index contributed by atoms with van der Waals surface area (Å²) < 4.78 is 13.3. The van der Waals surface area contributed by atoms with Gasteiger partial charge in [0.15, 0.2) is 0 Å². The number of nitrogens with one attached hydrogen (secondary N) is 1. The highest BCUT2D eigenvalue weighted by Crippen LogP contribution is 2.28. The number of anilines is 1. The zero-order valence-corrected chi connectivity index (χ0v) is 8.47. The van der Waals surface area contributed by atoms with Crippen LogP contribution < -0.4 is 5.32 Å². The van der Waals surface area contributed by atoms with Gasteiger partial charge < -0.3 is 5.32 Å². The van der Waals surface area contributed by atoms with Crippen molar-refractivity contribution < 1.29 is 4.39 Å². The van der Waals surface area contributed by atoms with Gasteiger partial charge in [-0.05, 0) is 25.3 Å². The molecule has 0 radical (unpaired) electrons. The first-order valence-corrected chi connectivity index (χ1v) is 5.15. The van der Waals surface area contributed by atoms with E-state index in [1.54, 1.807) is 18.5 Å². The fraction of sp³-hybridized carbons (Fsp3) is 0.500. The first-order chi connectivity index (χ1) is 6.77. The topological polar surface area (TPSA) is 24.9 Å². The number of halogens is 2. The number of aromatic nitrogens is 1. The van der Waals surface area contributed by atoms with Crippen molar-refractivity contribution in [2.45, 2.75) is 31.5 Å². The minimum atomic E-state index is -0.751. The van der Waals surface area contributed by atoms with Gasteiger partial charge in [0, 0.05) is 12.4 Å². The Hall–Kier alpha value is -0.830. The summed E-state index contributed by atoms with van der Waals surface area (Å²) in [4.78, 5) is 3.87. The average Bonchev–Trinajstić information content (AvgIpc) is 2.56. The van der Waals surface area contributed by atoms with E-state index in [-0.39, 0.29) is 6.04 Å². The van der Waals surface area contributed by atoms with Crippen molar-refractivity contribution in [3.8, 4) is 0 Å². The molecule has 0 bridgehead atoms. The minimum Gasteiger partial charge on any atom is -0.378 e. The van der Waals surface area contributed by atoms with E-state index in [2.05, 4.69) is 10.3 Å². The number of rotatable bonds is 2. The van der Waals surface area contributed by atoms with E-state index < -0.39 is 6.17 Å². The van der Waals surface area contributed by atoms with Gasteiger partial charge in [-0.15, -0.1) is 0 Å². The average molecular weight is 215 g/mol. The summed E-state index contributed by atoms with van der Waals surface area (Å²) >= 11 is 5.90. The zero-order chi connectivity index (χ0) is 9.97. The fourth-order valence-corrected chi connectivity index (χ4v) is 1.94. The fourth-order valence-electron chi connectivity index (χ4n) is 1.77. The van der Waals surface area contributed by atoms with Crippen molar-refractivity contribution in [3.05, 3.63) is 23.5 Å². The van der Waals surface area contributed by atoms with Crippen LogP contribution in [-0.4, -0.2) is 17.2 Å². The molecule has 0 aliphatic heterocycles. The van der Waals surface area contributed by atoms with Crippen molar-refractivity contribution in [2.75, 3.05) is 5.32 Å². The summed E-state index contributed by atoms with van der Waals surface area (Å²) in [5, 5.41) is 3.66. The van der Waals surface area contributed by atoms with Crippen molar-refractivity contribution in [1.29, 1.82) is 0 Å². The molecule has 2 rings (SSSR count). The highest BCUT2D eigenvalue weighted by Gasteiger charge is 2.26. The molecule has 1 fully saturated rings. The Kier molecular flexibility index (Phi) is 2.87. The maximum absolute atomic E-state index is 13.3. The van der Waals surface area contributed by atoms with Crippen LogP contribution >= 0.6 is 11.6 Å². The lowest BCUT2D eigenvalue weighted by atomic mass is 10.2. The molecule has 0 aromatic carbocycles. The maximum Gasteiger partial charge on any atom is 0.120 e. The molecule has 4 heteroatoms. The van der Waals surface area contributed by atoms with Crippen LogP contribution in [0.3, 0.4) is 0 Å². The Balaban J connectivity index is 2.07. The molecule has 0 amide bonds. The second-order valence-corrected chi connectivity index (χ2v) is 3.96. The van der Waals surface area contributed by atoms with Crippen molar-refractivity contribution in [1.82, 2.24) is 4.98 Å². The number of alkyl halides is 1. The molecule has 14 heavy (non-hydrogen) atoms. The van der Waals surface area contributed by atoms with E-state index in [1.807, 2.05) is 0 Å². The minimum absolute atomic E-state index is 0.0881. The molecular weight excluding hydrogens is 203 g/mol. The van der Waals surface area contributed by atoms with Crippen LogP contribution in [0.15, 0.2) is 18.5 Å². The van der Waals surface area contributed by atoms with Crippen LogP contribution in [0.1, 0.15) is 19.3 Å². The molecule has 1 aliphatic carbocycles. The highest BCUT2D eigenvalue weighted by molar-refractivity contribution is 6.33. The molecule has 0 spiro atoms. The highest BCUT2D eigenvalue weighted by atomic mass is 35.5. The van der Waals surface area contributed by atoms with Crippen molar-refractivity contribution in [3.63, 3.8) is 0 Å². The Labute approximate surface area is 87.5 Å². The van der Waals surface area contributed by atoms with E-state index in [0.29, 0.717) is 11.4 Å². The summed E-state index contributed by atoms with van der Waals surface area (Å²) in [7, 11) is 0. The first-order valence-electron chi connectivity index (χ1n) is 4.77. The molecular formula is C10H12ClFN2. The third-order valence-electron chi connectivity index (χ3n) is 2.54. The monoisotopic (exact) mass is 214 g/mol. The Morgan fingerprint density at radius 3 is 3.00 bits per heavy atom. The Morgan fingerprint density at radius 2 is 2.36 bits per heavy atom. The van der Waals surface area contributed by atoms with Crippen LogP contribution in [-0.2, 0) is 0 Å². The number of hydrogen-bond acceptors (Lipinski definition) is 2. The molecule has 2 nitrogen and oxygen atoms in total. The lowest BCUT2D eigenvalue weighted by Gasteiger charge is -2.16. The van der Waals surface area contributed by atoms with E-state index in [0.717, 1.165) is 18.5 Å². The normalized spacial score (nSPS) is 26.4. The quantitative estimate of drug-likeness (QED) is 0.819. The van der Waals surface area contributed by atoms with Crippen LogP contribution in [0.25, 0.3) is 0 Å². The van der Waals surface area contributed by atoms with E-state index in [9.17, 15) is 4.39 Å². The third kappa shape index (κ3) is 1.98. The standard InChI is InChI=1S/C10H12ClFN2/c11-7-6-13-5-4-9(7)14-10-3-1-2-8(10)12/h4-6,8,10H,1-3H2,(H,13,14)/t8-,10+/m0/s1. The smallest absolute Gasteiger partial charge is 0.120 e. The molecule has 1 aromatic rings. The third-order valence-corrected chi connectivity index (χ3v) is 2.85. The Bertz CT molecular complexity index is 319. The van der Waals surface area contributed by atoms with E-state index in [1.165, 1.54) is 0 Å². The summed E-state index contributed by atoms with van der Waals surface area (Å²) in [5.74, 6) is 0. The molecule has 1 aromatic heterocycles. The van der Waals surface area contributed by atoms with Crippen molar-refractivity contribution in [2.24, 2.45) is 0 Å². The van der Waals surface area contributed by atoms with Gasteiger partial charge in [0.2, 0.25) is 0 Å². The molecule has 1 heterocycles. The van der Waals surface area contributed by atoms with Gasteiger partial charge in [0.25, 0.3) is 0 Å². The van der Waals surface area contributed by atoms with Gasteiger partial charge in [0.05, 0.1) is 16.8 Å². The van der Waals surface area contributed by atoms with Crippen LogP contribution in [0.2, 0.25) is 5.02 Å². The predicted octanol–water partition coefficient (Wildman–Crippen LogP) is 3.04. The van der Waals surface area contributed by atoms with Gasteiger partial charge in [-0.2, -0.15) is 0 Å². The lowest BCUT2D eigenvalue weighted by Crippen LogP contribution is -2.24. The van der Waals surface area contributed by atoms with Crippen LogP contribution in [0.5, 0.6) is 0 Å². The Morgan fingerprint density at radius 1 is 1.50 bits per heavy atom. The van der Waals surface area contributed by atoms with E-state index in [4.69, 9.17) is 11.6 Å². The van der Waals surface area contributed by atoms with Gasteiger partial charge in [-0.3, -0.25) is 4.98 Å². The molecule has 0 saturated heterocycles. The molecule has 0 unspecified atom stereocenters. The van der Waals surface area contributed by atoms with Crippen LogP contribution in [0.4, 0.5) is 10.1 Å². The lowest BCUT2D eigenvalue weighted by molar-refractivity contribution is 0.323. The largest absolute Gasteiger partial charge is 0.378 e. The number of nitrogens with zero attached hydrogens (tertiary/aromatic N) is 1. The van der Waals surface area contributed by atoms with Gasteiger partial charge in [0.1, 0.15) is 6.17 Å². The van der Waals surface area contributed by atoms with Gasteiger partial charge >= 0.3 is 0 Å². The second kappa shape index (κ2) is 4.13. The molecule has 2 atom stereocenters. The van der Waals surface area contributed by atoms with E-state index >= 15 is 0 Å². The van der Waals surface area contributed by atoms with Crippen molar-refractivity contribution >= 4 is 17.3 Å². The SMILES string of the molecule is F[C@H]1CCC[C@H]1Nc1ccncc1Cl. The molecule has 1 saturated carbocycles. The maximum atomic E-state index is 13.3. The number of hydrogen-bond donors (Lipinski definition) is 1. The summed E-state index contributed by atoms with van der Waals surface area (Å²) in [6, 6.07) is 1.68. The second-order valence-electron chi connectivity index (χ2n) is 3.55. The predicted molar refractivity (Wildman–Crippen MR) is 55.4 cm³/mol. The number of pyridine rings is 1. The first kappa shape index (κ1) is 9.71. The van der Waals surface area contributed by atoms with Crippen LogP contribution in [0, 0.1) is 0 Å². The summed E-state index contributed by atoms with van der Waals surface area (Å²) in [6.07, 6.45) is 4.93.